The Kier molecular flexibility index (Phi) is 5.70. The van der Waals surface area contributed by atoms with Gasteiger partial charge in [-0.2, -0.15) is 10.2 Å². The van der Waals surface area contributed by atoms with Gasteiger partial charge in [0.15, 0.2) is 0 Å². The van der Waals surface area contributed by atoms with Gasteiger partial charge in [-0.3, -0.25) is 0 Å². The number of aromatic hydroxyl groups is 2. The third-order valence-corrected chi connectivity index (χ3v) is 2.62. The Morgan fingerprint density at radius 1 is 0.500 bits per heavy atom. The van der Waals surface area contributed by atoms with Crippen molar-refractivity contribution in [1.82, 2.24) is 0 Å². The van der Waals surface area contributed by atoms with Crippen molar-refractivity contribution in [2.75, 3.05) is 0 Å². The van der Waals surface area contributed by atoms with Crippen LogP contribution in [0.5, 0.6) is 11.5 Å². The number of phenolic OH excluding ortho intramolecular Hbond substituents is 2. The first-order valence-corrected chi connectivity index (χ1v) is 6.74. The molecule has 3 rings (SSSR count). The van der Waals surface area contributed by atoms with Crippen molar-refractivity contribution in [2.45, 2.75) is 0 Å². The van der Waals surface area contributed by atoms with Crippen molar-refractivity contribution < 1.29 is 10.2 Å². The summed E-state index contributed by atoms with van der Waals surface area (Å²) in [6.07, 6.45) is 0. The number of benzene rings is 3. The highest BCUT2D eigenvalue weighted by Gasteiger charge is 1.87. The molecule has 0 spiro atoms. The molecule has 110 valence electrons. The van der Waals surface area contributed by atoms with E-state index < -0.39 is 0 Å². The Morgan fingerprint density at radius 3 is 1.23 bits per heavy atom. The lowest BCUT2D eigenvalue weighted by molar-refractivity contribution is 0.450. The van der Waals surface area contributed by atoms with Crippen LogP contribution in [0.1, 0.15) is 0 Å². The lowest BCUT2D eigenvalue weighted by Crippen LogP contribution is -1.62. The smallest absolute Gasteiger partial charge is 0.119 e. The number of rotatable bonds is 2. The minimum absolute atomic E-state index is 0.0880. The largest absolute Gasteiger partial charge is 0.508 e. The van der Waals surface area contributed by atoms with Gasteiger partial charge in [0, 0.05) is 6.07 Å². The molecule has 4 heteroatoms. The van der Waals surface area contributed by atoms with Gasteiger partial charge in [-0.05, 0) is 36.4 Å². The van der Waals surface area contributed by atoms with Crippen molar-refractivity contribution in [1.29, 1.82) is 0 Å². The van der Waals surface area contributed by atoms with Crippen LogP contribution in [0.15, 0.2) is 95.2 Å². The van der Waals surface area contributed by atoms with Crippen molar-refractivity contribution in [2.24, 2.45) is 10.2 Å². The molecular formula is C18H16N2O2. The predicted octanol–water partition coefficient (Wildman–Crippen LogP) is 5.20. The van der Waals surface area contributed by atoms with Crippen LogP contribution in [0.4, 0.5) is 11.4 Å². The second-order valence-electron chi connectivity index (χ2n) is 4.39. The van der Waals surface area contributed by atoms with Gasteiger partial charge in [-0.15, -0.1) is 0 Å². The highest BCUT2D eigenvalue weighted by atomic mass is 16.3. The summed E-state index contributed by atoms with van der Waals surface area (Å²) >= 11 is 0. The van der Waals surface area contributed by atoms with Crippen LogP contribution in [0, 0.1) is 0 Å². The first-order valence-electron chi connectivity index (χ1n) is 6.74. The zero-order valence-corrected chi connectivity index (χ0v) is 11.9. The van der Waals surface area contributed by atoms with E-state index in [9.17, 15) is 0 Å². The van der Waals surface area contributed by atoms with E-state index in [-0.39, 0.29) is 11.5 Å². The Balaban J connectivity index is 0.000000188. The Labute approximate surface area is 129 Å². The summed E-state index contributed by atoms with van der Waals surface area (Å²) in [5, 5.41) is 25.5. The summed E-state index contributed by atoms with van der Waals surface area (Å²) in [5.41, 5.74) is 1.74. The molecule has 0 amide bonds. The summed E-state index contributed by atoms with van der Waals surface area (Å²) < 4.78 is 0. The molecule has 22 heavy (non-hydrogen) atoms. The first kappa shape index (κ1) is 15.3. The second kappa shape index (κ2) is 8.21. The Morgan fingerprint density at radius 2 is 0.909 bits per heavy atom. The van der Waals surface area contributed by atoms with Gasteiger partial charge in [0.05, 0.1) is 11.4 Å². The third kappa shape index (κ3) is 5.46. The first-order chi connectivity index (χ1) is 10.7. The molecule has 0 bridgehead atoms. The van der Waals surface area contributed by atoms with E-state index in [0.29, 0.717) is 0 Å². The molecule has 0 fully saturated rings. The van der Waals surface area contributed by atoms with Crippen molar-refractivity contribution >= 4 is 11.4 Å². The van der Waals surface area contributed by atoms with E-state index in [1.165, 1.54) is 18.2 Å². The van der Waals surface area contributed by atoms with Crippen molar-refractivity contribution in [3.05, 3.63) is 84.9 Å². The highest BCUT2D eigenvalue weighted by Crippen LogP contribution is 2.16. The Hall–Kier alpha value is -3.14. The van der Waals surface area contributed by atoms with Crippen LogP contribution < -0.4 is 0 Å². The summed E-state index contributed by atoms with van der Waals surface area (Å²) in [6, 6.07) is 25.2. The van der Waals surface area contributed by atoms with E-state index in [1.807, 2.05) is 60.7 Å². The number of nitrogens with zero attached hydrogens (tertiary/aromatic N) is 2. The molecule has 0 unspecified atom stereocenters. The van der Waals surface area contributed by atoms with Crippen LogP contribution in [0.2, 0.25) is 0 Å². The van der Waals surface area contributed by atoms with E-state index >= 15 is 0 Å². The fourth-order valence-electron chi connectivity index (χ4n) is 1.60. The summed E-state index contributed by atoms with van der Waals surface area (Å²) in [4.78, 5) is 0. The van der Waals surface area contributed by atoms with Crippen molar-refractivity contribution in [3.63, 3.8) is 0 Å². The maximum atomic E-state index is 8.65. The molecule has 0 aliphatic rings. The molecular weight excluding hydrogens is 276 g/mol. The number of hydrogen-bond acceptors (Lipinski definition) is 4. The molecule has 0 saturated carbocycles. The quantitative estimate of drug-likeness (QED) is 0.637. The minimum Gasteiger partial charge on any atom is -0.508 e. The zero-order chi connectivity index (χ0) is 15.6. The number of phenols is 2. The maximum Gasteiger partial charge on any atom is 0.119 e. The van der Waals surface area contributed by atoms with Gasteiger partial charge in [-0.25, -0.2) is 0 Å². The SMILES string of the molecule is Oc1cccc(O)c1.c1ccc(N=Nc2ccccc2)cc1. The summed E-state index contributed by atoms with van der Waals surface area (Å²) in [5.74, 6) is 0.176. The average Bonchev–Trinajstić information content (AvgIpc) is 2.55. The normalized spacial score (nSPS) is 10.0. The molecule has 0 aromatic heterocycles. The van der Waals surface area contributed by atoms with E-state index in [1.54, 1.807) is 6.07 Å². The molecule has 3 aromatic carbocycles. The molecule has 0 aliphatic carbocycles. The van der Waals surface area contributed by atoms with E-state index in [2.05, 4.69) is 10.2 Å². The fourth-order valence-corrected chi connectivity index (χ4v) is 1.60. The van der Waals surface area contributed by atoms with E-state index in [0.717, 1.165) is 11.4 Å². The monoisotopic (exact) mass is 292 g/mol. The van der Waals surface area contributed by atoms with Gasteiger partial charge < -0.3 is 10.2 Å². The molecule has 4 nitrogen and oxygen atoms in total. The lowest BCUT2D eigenvalue weighted by Gasteiger charge is -1.91. The molecule has 0 saturated heterocycles. The van der Waals surface area contributed by atoms with Crippen LogP contribution in [-0.4, -0.2) is 10.2 Å². The van der Waals surface area contributed by atoms with Gasteiger partial charge >= 0.3 is 0 Å². The van der Waals surface area contributed by atoms with Crippen LogP contribution in [-0.2, 0) is 0 Å². The van der Waals surface area contributed by atoms with Gasteiger partial charge in [0.1, 0.15) is 11.5 Å². The molecule has 0 radical (unpaired) electrons. The summed E-state index contributed by atoms with van der Waals surface area (Å²) in [6.45, 7) is 0. The highest BCUT2D eigenvalue weighted by molar-refractivity contribution is 5.39. The van der Waals surface area contributed by atoms with Gasteiger partial charge in [-0.1, -0.05) is 42.5 Å². The molecule has 0 aliphatic heterocycles. The standard InChI is InChI=1S/C12H10N2.C6H6O2/c1-3-7-11(8-4-1)13-14-12-9-5-2-6-10-12;7-5-2-1-3-6(8)4-5/h1-10H;1-4,7-8H. The van der Waals surface area contributed by atoms with Crippen LogP contribution >= 0.6 is 0 Å². The van der Waals surface area contributed by atoms with Crippen molar-refractivity contribution in [3.8, 4) is 11.5 Å². The molecule has 2 N–H and O–H groups in total. The third-order valence-electron chi connectivity index (χ3n) is 2.62. The second-order valence-corrected chi connectivity index (χ2v) is 4.39. The van der Waals surface area contributed by atoms with Gasteiger partial charge in [0.2, 0.25) is 0 Å². The number of hydrogen-bond donors (Lipinski definition) is 2. The van der Waals surface area contributed by atoms with Crippen LogP contribution in [0.3, 0.4) is 0 Å². The summed E-state index contributed by atoms with van der Waals surface area (Å²) in [7, 11) is 0. The maximum absolute atomic E-state index is 8.65. The van der Waals surface area contributed by atoms with Gasteiger partial charge in [0.25, 0.3) is 0 Å². The lowest BCUT2D eigenvalue weighted by atomic mass is 10.3. The topological polar surface area (TPSA) is 65.2 Å². The van der Waals surface area contributed by atoms with E-state index in [4.69, 9.17) is 10.2 Å². The molecule has 0 atom stereocenters. The molecule has 0 heterocycles. The zero-order valence-electron chi connectivity index (χ0n) is 11.9. The fraction of sp³-hybridized carbons (Fsp3) is 0. The Bertz CT molecular complexity index is 655. The predicted molar refractivity (Wildman–Crippen MR) is 86.8 cm³/mol. The number of azo groups is 1. The minimum atomic E-state index is 0.0880. The van der Waals surface area contributed by atoms with Crippen LogP contribution in [0.25, 0.3) is 0 Å². The average molecular weight is 292 g/mol. The molecule has 3 aromatic rings.